The van der Waals surface area contributed by atoms with E-state index >= 15 is 0 Å². The van der Waals surface area contributed by atoms with Crippen LogP contribution >= 0.6 is 12.2 Å². The van der Waals surface area contributed by atoms with Crippen molar-refractivity contribution in [3.8, 4) is 23.0 Å². The number of rotatable bonds is 6. The summed E-state index contributed by atoms with van der Waals surface area (Å²) in [5.74, 6) is 0.710. The molecule has 3 aromatic carbocycles. The van der Waals surface area contributed by atoms with Gasteiger partial charge >= 0.3 is 0 Å². The molecule has 0 aliphatic heterocycles. The van der Waals surface area contributed by atoms with E-state index in [0.29, 0.717) is 39.6 Å². The molecule has 0 aliphatic carbocycles. The zero-order valence-corrected chi connectivity index (χ0v) is 20.8. The normalized spacial score (nSPS) is 11.0. The van der Waals surface area contributed by atoms with Gasteiger partial charge in [-0.15, -0.1) is 0 Å². The molecule has 1 heterocycles. The fourth-order valence-electron chi connectivity index (χ4n) is 3.62. The fourth-order valence-corrected chi connectivity index (χ4v) is 3.83. The summed E-state index contributed by atoms with van der Waals surface area (Å²) in [6, 6.07) is 16.1. The fraction of sp³-hybridized carbons (Fsp3) is 0.222. The minimum Gasteiger partial charge on any atom is -0.507 e. The van der Waals surface area contributed by atoms with Crippen LogP contribution in [0, 0.1) is 6.92 Å². The molecule has 0 aliphatic rings. The number of thiocarbonyl (C=S) groups is 1. The number of anilines is 1. The number of aryl methyl sites for hydroxylation is 2. The van der Waals surface area contributed by atoms with Crippen LogP contribution in [0.25, 0.3) is 22.6 Å². The lowest BCUT2D eigenvalue weighted by Crippen LogP contribution is -2.34. The second kappa shape index (κ2) is 10.1. The Morgan fingerprint density at radius 3 is 2.57 bits per heavy atom. The number of ether oxygens (including phenoxy) is 1. The number of hydrogen-bond donors (Lipinski definition) is 3. The Hall–Kier alpha value is -3.91. The summed E-state index contributed by atoms with van der Waals surface area (Å²) in [7, 11) is 0. The number of aromatic hydroxyl groups is 1. The molecule has 0 spiro atoms. The zero-order chi connectivity index (χ0) is 25.1. The number of benzene rings is 3. The standard InChI is InChI=1S/C27H27N3O4S/c1-5-17-6-11-23-22(13-17)29-26(34-23)21-14-19(12-16(4)24(21)31)28-27(35)30-25(32)18-7-9-20(10-8-18)33-15(2)3/h6-15,31H,5H2,1-4H3,(H2,28,30,32,35). The highest BCUT2D eigenvalue weighted by Gasteiger charge is 2.17. The summed E-state index contributed by atoms with van der Waals surface area (Å²) in [4.78, 5) is 17.2. The maximum absolute atomic E-state index is 12.6. The zero-order valence-electron chi connectivity index (χ0n) is 20.0. The number of phenols is 1. The number of carbonyl (C=O) groups is 1. The van der Waals surface area contributed by atoms with Crippen LogP contribution in [-0.2, 0) is 6.42 Å². The quantitative estimate of drug-likeness (QED) is 0.226. The van der Waals surface area contributed by atoms with Crippen molar-refractivity contribution in [2.75, 3.05) is 5.32 Å². The highest BCUT2D eigenvalue weighted by Crippen LogP contribution is 2.36. The van der Waals surface area contributed by atoms with Gasteiger partial charge in [0.1, 0.15) is 17.0 Å². The van der Waals surface area contributed by atoms with Crippen molar-refractivity contribution >= 4 is 40.0 Å². The van der Waals surface area contributed by atoms with Crippen molar-refractivity contribution in [3.63, 3.8) is 0 Å². The molecule has 0 radical (unpaired) electrons. The number of amides is 1. The molecule has 1 amide bonds. The Morgan fingerprint density at radius 1 is 1.14 bits per heavy atom. The molecular weight excluding hydrogens is 462 g/mol. The van der Waals surface area contributed by atoms with E-state index < -0.39 is 0 Å². The molecule has 0 saturated carbocycles. The number of carbonyl (C=O) groups excluding carboxylic acids is 1. The van der Waals surface area contributed by atoms with Crippen molar-refractivity contribution in [2.24, 2.45) is 0 Å². The van der Waals surface area contributed by atoms with Gasteiger partial charge in [0, 0.05) is 11.3 Å². The lowest BCUT2D eigenvalue weighted by molar-refractivity contribution is 0.0977. The van der Waals surface area contributed by atoms with Crippen molar-refractivity contribution in [1.29, 1.82) is 0 Å². The molecule has 7 nitrogen and oxygen atoms in total. The van der Waals surface area contributed by atoms with Gasteiger partial charge < -0.3 is 19.6 Å². The minimum atomic E-state index is -0.347. The second-order valence-electron chi connectivity index (χ2n) is 8.46. The van der Waals surface area contributed by atoms with Crippen LogP contribution < -0.4 is 15.4 Å². The molecule has 0 saturated heterocycles. The monoisotopic (exact) mass is 489 g/mol. The van der Waals surface area contributed by atoms with Crippen LogP contribution in [-0.4, -0.2) is 27.2 Å². The summed E-state index contributed by atoms with van der Waals surface area (Å²) in [6.45, 7) is 7.72. The summed E-state index contributed by atoms with van der Waals surface area (Å²) in [6.07, 6.45) is 0.940. The van der Waals surface area contributed by atoms with Crippen molar-refractivity contribution < 1.29 is 19.1 Å². The number of nitrogens with one attached hydrogen (secondary N) is 2. The van der Waals surface area contributed by atoms with Gasteiger partial charge in [-0.05, 0) is 99.1 Å². The molecular formula is C27H27N3O4S. The number of aromatic nitrogens is 1. The maximum Gasteiger partial charge on any atom is 0.257 e. The van der Waals surface area contributed by atoms with Crippen molar-refractivity contribution in [1.82, 2.24) is 10.3 Å². The van der Waals surface area contributed by atoms with E-state index in [9.17, 15) is 9.90 Å². The third kappa shape index (κ3) is 5.60. The van der Waals surface area contributed by atoms with Crippen LogP contribution in [0.15, 0.2) is 59.0 Å². The van der Waals surface area contributed by atoms with E-state index in [1.54, 1.807) is 43.3 Å². The van der Waals surface area contributed by atoms with Gasteiger partial charge in [-0.3, -0.25) is 10.1 Å². The Labute approximate surface area is 209 Å². The summed E-state index contributed by atoms with van der Waals surface area (Å²) < 4.78 is 11.5. The van der Waals surface area contributed by atoms with E-state index in [1.807, 2.05) is 32.0 Å². The molecule has 1 aromatic heterocycles. The van der Waals surface area contributed by atoms with Crippen molar-refractivity contribution in [3.05, 3.63) is 71.3 Å². The Bertz CT molecular complexity index is 1390. The van der Waals surface area contributed by atoms with Gasteiger partial charge in [-0.1, -0.05) is 13.0 Å². The first-order chi connectivity index (χ1) is 16.7. The number of oxazole rings is 1. The van der Waals surface area contributed by atoms with Gasteiger partial charge in [0.25, 0.3) is 5.91 Å². The summed E-state index contributed by atoms with van der Waals surface area (Å²) >= 11 is 5.34. The van der Waals surface area contributed by atoms with Gasteiger partial charge in [-0.2, -0.15) is 0 Å². The molecule has 0 fully saturated rings. The molecule has 180 valence electrons. The van der Waals surface area contributed by atoms with Crippen LogP contribution in [0.4, 0.5) is 5.69 Å². The van der Waals surface area contributed by atoms with E-state index in [2.05, 4.69) is 22.5 Å². The first-order valence-electron chi connectivity index (χ1n) is 11.4. The first kappa shape index (κ1) is 24.2. The highest BCUT2D eigenvalue weighted by atomic mass is 32.1. The Morgan fingerprint density at radius 2 is 1.89 bits per heavy atom. The largest absolute Gasteiger partial charge is 0.507 e. The highest BCUT2D eigenvalue weighted by molar-refractivity contribution is 7.80. The molecule has 4 rings (SSSR count). The number of nitrogens with zero attached hydrogens (tertiary/aromatic N) is 1. The van der Waals surface area contributed by atoms with Crippen LogP contribution in [0.1, 0.15) is 42.3 Å². The number of fused-ring (bicyclic) bond motifs is 1. The van der Waals surface area contributed by atoms with Crippen LogP contribution in [0.2, 0.25) is 0 Å². The molecule has 4 aromatic rings. The second-order valence-corrected chi connectivity index (χ2v) is 8.87. The molecule has 3 N–H and O–H groups in total. The van der Waals surface area contributed by atoms with Crippen LogP contribution in [0.3, 0.4) is 0 Å². The minimum absolute atomic E-state index is 0.0497. The summed E-state index contributed by atoms with van der Waals surface area (Å²) in [5.41, 5.74) is 4.58. The molecule has 0 bridgehead atoms. The Kier molecular flexibility index (Phi) is 7.02. The summed E-state index contributed by atoms with van der Waals surface area (Å²) in [5, 5.41) is 16.5. The van der Waals surface area contributed by atoms with E-state index in [0.717, 1.165) is 17.5 Å². The number of hydrogen-bond acceptors (Lipinski definition) is 6. The predicted molar refractivity (Wildman–Crippen MR) is 141 cm³/mol. The predicted octanol–water partition coefficient (Wildman–Crippen LogP) is 5.99. The smallest absolute Gasteiger partial charge is 0.257 e. The molecule has 0 atom stereocenters. The van der Waals surface area contributed by atoms with E-state index in [4.69, 9.17) is 21.4 Å². The first-order valence-corrected chi connectivity index (χ1v) is 11.8. The topological polar surface area (TPSA) is 96.6 Å². The SMILES string of the molecule is CCc1ccc2oc(-c3cc(NC(=S)NC(=O)c4ccc(OC(C)C)cc4)cc(C)c3O)nc2c1. The molecule has 8 heteroatoms. The van der Waals surface area contributed by atoms with Gasteiger partial charge in [0.05, 0.1) is 11.7 Å². The van der Waals surface area contributed by atoms with Gasteiger partial charge in [0.2, 0.25) is 5.89 Å². The Balaban J connectivity index is 1.51. The van der Waals surface area contributed by atoms with Crippen molar-refractivity contribution in [2.45, 2.75) is 40.2 Å². The number of phenolic OH excluding ortho intramolecular Hbond substituents is 1. The van der Waals surface area contributed by atoms with E-state index in [1.165, 1.54) is 0 Å². The average Bonchev–Trinajstić information content (AvgIpc) is 3.24. The molecule has 35 heavy (non-hydrogen) atoms. The van der Waals surface area contributed by atoms with Crippen LogP contribution in [0.5, 0.6) is 11.5 Å². The maximum atomic E-state index is 12.6. The van der Waals surface area contributed by atoms with Gasteiger partial charge in [-0.25, -0.2) is 4.98 Å². The lowest BCUT2D eigenvalue weighted by atomic mass is 10.1. The third-order valence-corrected chi connectivity index (χ3v) is 5.57. The van der Waals surface area contributed by atoms with E-state index in [-0.39, 0.29) is 22.9 Å². The average molecular weight is 490 g/mol. The third-order valence-electron chi connectivity index (χ3n) is 5.36. The molecule has 0 unspecified atom stereocenters. The lowest BCUT2D eigenvalue weighted by Gasteiger charge is -2.13. The van der Waals surface area contributed by atoms with Gasteiger partial charge in [0.15, 0.2) is 10.7 Å².